The molecule has 1 fully saturated rings. The summed E-state index contributed by atoms with van der Waals surface area (Å²) in [6, 6.07) is 7.51. The Bertz CT molecular complexity index is 403. The van der Waals surface area contributed by atoms with Crippen LogP contribution in [0.5, 0.6) is 5.75 Å². The molecule has 0 aliphatic heterocycles. The monoisotopic (exact) mass is 219 g/mol. The predicted molar refractivity (Wildman–Crippen MR) is 62.3 cm³/mol. The second kappa shape index (κ2) is 4.26. The van der Waals surface area contributed by atoms with E-state index in [-0.39, 0.29) is 5.78 Å². The van der Waals surface area contributed by atoms with Gasteiger partial charge in [0.15, 0.2) is 5.78 Å². The molecule has 1 atom stereocenters. The van der Waals surface area contributed by atoms with E-state index in [4.69, 9.17) is 10.5 Å². The highest BCUT2D eigenvalue weighted by Crippen LogP contribution is 2.33. The van der Waals surface area contributed by atoms with Crippen LogP contribution in [0.25, 0.3) is 0 Å². The number of carbonyl (C=O) groups is 1. The molecule has 0 spiro atoms. The second-order valence-corrected chi connectivity index (χ2v) is 4.33. The van der Waals surface area contributed by atoms with Crippen LogP contribution >= 0.6 is 0 Å². The smallest absolute Gasteiger partial charge is 0.157 e. The summed E-state index contributed by atoms with van der Waals surface area (Å²) in [6.07, 6.45) is 3.30. The van der Waals surface area contributed by atoms with Crippen LogP contribution in [0, 0.1) is 0 Å². The Labute approximate surface area is 95.6 Å². The van der Waals surface area contributed by atoms with E-state index in [9.17, 15) is 4.79 Å². The Morgan fingerprint density at radius 2 is 2.19 bits per heavy atom. The van der Waals surface area contributed by atoms with Gasteiger partial charge in [-0.05, 0) is 30.5 Å². The topological polar surface area (TPSA) is 52.3 Å². The molecule has 1 aliphatic carbocycles. The van der Waals surface area contributed by atoms with E-state index in [0.29, 0.717) is 6.42 Å². The van der Waals surface area contributed by atoms with Gasteiger partial charge in [0.1, 0.15) is 11.3 Å². The first-order valence-corrected chi connectivity index (χ1v) is 5.63. The molecule has 2 N–H and O–H groups in total. The third-order valence-corrected chi connectivity index (χ3v) is 3.31. The van der Waals surface area contributed by atoms with Crippen molar-refractivity contribution in [1.82, 2.24) is 0 Å². The summed E-state index contributed by atoms with van der Waals surface area (Å²) in [4.78, 5) is 12.0. The van der Waals surface area contributed by atoms with Crippen LogP contribution in [0.15, 0.2) is 24.3 Å². The number of carbonyl (C=O) groups excluding carboxylic acids is 1. The van der Waals surface area contributed by atoms with Gasteiger partial charge in [0.25, 0.3) is 0 Å². The van der Waals surface area contributed by atoms with Crippen LogP contribution in [0.2, 0.25) is 0 Å². The van der Waals surface area contributed by atoms with Crippen LogP contribution in [0.3, 0.4) is 0 Å². The van der Waals surface area contributed by atoms with Gasteiger partial charge in [-0.25, -0.2) is 0 Å². The van der Waals surface area contributed by atoms with Crippen LogP contribution in [-0.4, -0.2) is 12.9 Å². The van der Waals surface area contributed by atoms with E-state index in [1.54, 1.807) is 7.11 Å². The number of methoxy groups -OCH3 is 1. The van der Waals surface area contributed by atoms with Crippen molar-refractivity contribution in [2.75, 3.05) is 7.11 Å². The first-order valence-electron chi connectivity index (χ1n) is 5.63. The van der Waals surface area contributed by atoms with Gasteiger partial charge in [-0.15, -0.1) is 0 Å². The van der Waals surface area contributed by atoms with Gasteiger partial charge >= 0.3 is 0 Å². The van der Waals surface area contributed by atoms with Crippen LogP contribution in [-0.2, 0) is 10.3 Å². The van der Waals surface area contributed by atoms with Crippen LogP contribution in [0.1, 0.15) is 31.2 Å². The molecule has 3 heteroatoms. The Kier molecular flexibility index (Phi) is 2.97. The maximum Gasteiger partial charge on any atom is 0.157 e. The predicted octanol–water partition coefficient (Wildman–Crippen LogP) is 1.99. The molecule has 1 saturated carbocycles. The Morgan fingerprint density at radius 3 is 2.88 bits per heavy atom. The summed E-state index contributed by atoms with van der Waals surface area (Å²) in [6.45, 7) is 0. The molecule has 0 aromatic heterocycles. The normalized spacial score (nSPS) is 25.5. The van der Waals surface area contributed by atoms with Gasteiger partial charge in [-0.1, -0.05) is 18.6 Å². The summed E-state index contributed by atoms with van der Waals surface area (Å²) < 4.78 is 5.16. The van der Waals surface area contributed by atoms with E-state index >= 15 is 0 Å². The van der Waals surface area contributed by atoms with Gasteiger partial charge in [0.2, 0.25) is 0 Å². The molecular formula is C13H17NO2. The lowest BCUT2D eigenvalue weighted by atomic mass is 9.76. The average Bonchev–Trinajstić information content (AvgIpc) is 2.33. The molecule has 0 saturated heterocycles. The third-order valence-electron chi connectivity index (χ3n) is 3.31. The van der Waals surface area contributed by atoms with Crippen molar-refractivity contribution in [3.8, 4) is 5.75 Å². The molecule has 3 nitrogen and oxygen atoms in total. The molecular weight excluding hydrogens is 202 g/mol. The summed E-state index contributed by atoms with van der Waals surface area (Å²) in [7, 11) is 1.62. The van der Waals surface area contributed by atoms with E-state index < -0.39 is 5.54 Å². The quantitative estimate of drug-likeness (QED) is 0.827. The number of ketones is 1. The highest BCUT2D eigenvalue weighted by atomic mass is 16.5. The van der Waals surface area contributed by atoms with Crippen LogP contribution < -0.4 is 10.5 Å². The Balaban J connectivity index is 2.37. The fourth-order valence-electron chi connectivity index (χ4n) is 2.26. The van der Waals surface area contributed by atoms with Gasteiger partial charge in [0, 0.05) is 6.42 Å². The standard InChI is InChI=1S/C13H17NO2/c1-16-11-6-4-5-10(9-11)13(14)8-3-2-7-12(13)15/h4-6,9H,2-3,7-8,14H2,1H3. The summed E-state index contributed by atoms with van der Waals surface area (Å²) >= 11 is 0. The number of hydrogen-bond donors (Lipinski definition) is 1. The van der Waals surface area contributed by atoms with Gasteiger partial charge in [-0.3, -0.25) is 4.79 Å². The van der Waals surface area contributed by atoms with E-state index in [1.165, 1.54) is 0 Å². The van der Waals surface area contributed by atoms with Crippen molar-refractivity contribution in [1.29, 1.82) is 0 Å². The number of nitrogens with two attached hydrogens (primary N) is 1. The van der Waals surface area contributed by atoms with E-state index in [2.05, 4.69) is 0 Å². The van der Waals surface area contributed by atoms with Crippen molar-refractivity contribution >= 4 is 5.78 Å². The average molecular weight is 219 g/mol. The van der Waals surface area contributed by atoms with Gasteiger partial charge in [0.05, 0.1) is 7.11 Å². The molecule has 0 heterocycles. The molecule has 1 aromatic carbocycles. The fourth-order valence-corrected chi connectivity index (χ4v) is 2.26. The molecule has 0 amide bonds. The fraction of sp³-hybridized carbons (Fsp3) is 0.462. The number of benzene rings is 1. The minimum absolute atomic E-state index is 0.145. The van der Waals surface area contributed by atoms with Crippen molar-refractivity contribution in [2.24, 2.45) is 5.73 Å². The molecule has 86 valence electrons. The molecule has 16 heavy (non-hydrogen) atoms. The molecule has 0 bridgehead atoms. The number of rotatable bonds is 2. The lowest BCUT2D eigenvalue weighted by Crippen LogP contribution is -2.46. The maximum atomic E-state index is 12.0. The SMILES string of the molecule is COc1cccc(C2(N)CCCCC2=O)c1. The van der Waals surface area contributed by atoms with E-state index in [0.717, 1.165) is 30.6 Å². The van der Waals surface area contributed by atoms with Crippen molar-refractivity contribution < 1.29 is 9.53 Å². The van der Waals surface area contributed by atoms with E-state index in [1.807, 2.05) is 24.3 Å². The zero-order chi connectivity index (χ0) is 11.6. The summed E-state index contributed by atoms with van der Waals surface area (Å²) in [5, 5.41) is 0. The molecule has 0 radical (unpaired) electrons. The lowest BCUT2D eigenvalue weighted by Gasteiger charge is -2.32. The third kappa shape index (κ3) is 1.83. The highest BCUT2D eigenvalue weighted by molar-refractivity contribution is 5.90. The second-order valence-electron chi connectivity index (χ2n) is 4.33. The molecule has 2 rings (SSSR count). The van der Waals surface area contributed by atoms with Gasteiger partial charge in [-0.2, -0.15) is 0 Å². The van der Waals surface area contributed by atoms with Crippen molar-refractivity contribution in [2.45, 2.75) is 31.2 Å². The Morgan fingerprint density at radius 1 is 1.38 bits per heavy atom. The number of ether oxygens (including phenoxy) is 1. The zero-order valence-electron chi connectivity index (χ0n) is 9.53. The number of Topliss-reactive ketones (excluding diaryl/α,β-unsaturated/α-hetero) is 1. The lowest BCUT2D eigenvalue weighted by molar-refractivity contribution is -0.126. The molecule has 1 unspecified atom stereocenters. The highest BCUT2D eigenvalue weighted by Gasteiger charge is 2.37. The van der Waals surface area contributed by atoms with Crippen molar-refractivity contribution in [3.63, 3.8) is 0 Å². The summed E-state index contributed by atoms with van der Waals surface area (Å²) in [5.74, 6) is 0.896. The minimum atomic E-state index is -0.799. The first kappa shape index (κ1) is 11.1. The first-order chi connectivity index (χ1) is 7.66. The zero-order valence-corrected chi connectivity index (χ0v) is 9.53. The van der Waals surface area contributed by atoms with Crippen molar-refractivity contribution in [3.05, 3.63) is 29.8 Å². The van der Waals surface area contributed by atoms with Gasteiger partial charge < -0.3 is 10.5 Å². The van der Waals surface area contributed by atoms with Crippen LogP contribution in [0.4, 0.5) is 0 Å². The Hall–Kier alpha value is -1.35. The largest absolute Gasteiger partial charge is 0.497 e. The summed E-state index contributed by atoms with van der Waals surface area (Å²) in [5.41, 5.74) is 6.32. The molecule has 1 aliphatic rings. The molecule has 1 aromatic rings. The minimum Gasteiger partial charge on any atom is -0.497 e. The number of hydrogen-bond acceptors (Lipinski definition) is 3. The maximum absolute atomic E-state index is 12.0.